The number of carbonyl (C=O) groups is 1. The highest BCUT2D eigenvalue weighted by Crippen LogP contribution is 2.40. The normalized spacial score (nSPS) is 34.2. The highest BCUT2D eigenvalue weighted by Gasteiger charge is 2.42. The maximum atomic E-state index is 12.8. The number of morpholine rings is 1. The minimum absolute atomic E-state index is 0.0922. The fourth-order valence-electron chi connectivity index (χ4n) is 5.01. The van der Waals surface area contributed by atoms with Crippen LogP contribution in [-0.2, 0) is 14.3 Å². The largest absolute Gasteiger partial charge is 0.379 e. The molecule has 2 saturated carbocycles. The van der Waals surface area contributed by atoms with E-state index in [-0.39, 0.29) is 11.4 Å². The lowest BCUT2D eigenvalue weighted by atomic mass is 9.89. The summed E-state index contributed by atoms with van der Waals surface area (Å²) >= 11 is 0. The van der Waals surface area contributed by atoms with E-state index < -0.39 is 0 Å². The fraction of sp³-hybridized carbons (Fsp3) is 0.947. The molecule has 2 heterocycles. The van der Waals surface area contributed by atoms with E-state index in [9.17, 15) is 4.79 Å². The number of hydrogen-bond acceptors (Lipinski definition) is 4. The molecular weight excluding hydrogens is 304 g/mol. The van der Waals surface area contributed by atoms with Gasteiger partial charge in [0.15, 0.2) is 0 Å². The van der Waals surface area contributed by atoms with Crippen molar-refractivity contribution in [3.05, 3.63) is 0 Å². The van der Waals surface area contributed by atoms with Crippen molar-refractivity contribution in [3.63, 3.8) is 0 Å². The van der Waals surface area contributed by atoms with Crippen molar-refractivity contribution in [2.75, 3.05) is 32.9 Å². The van der Waals surface area contributed by atoms with E-state index in [1.165, 1.54) is 38.5 Å². The van der Waals surface area contributed by atoms with Crippen LogP contribution in [0.25, 0.3) is 0 Å². The summed E-state index contributed by atoms with van der Waals surface area (Å²) in [5, 5.41) is 3.35. The van der Waals surface area contributed by atoms with E-state index in [4.69, 9.17) is 9.47 Å². The molecule has 0 unspecified atom stereocenters. The summed E-state index contributed by atoms with van der Waals surface area (Å²) in [6.45, 7) is 4.39. The Balaban J connectivity index is 1.33. The van der Waals surface area contributed by atoms with Crippen LogP contribution >= 0.6 is 0 Å². The minimum atomic E-state index is 0.0922. The molecule has 136 valence electrons. The Labute approximate surface area is 145 Å². The molecule has 5 nitrogen and oxygen atoms in total. The first-order valence-electron chi connectivity index (χ1n) is 9.99. The summed E-state index contributed by atoms with van der Waals surface area (Å²) in [6.07, 6.45) is 10.5. The van der Waals surface area contributed by atoms with Crippen LogP contribution in [0, 0.1) is 5.92 Å². The molecule has 4 rings (SSSR count). The molecular formula is C19H32N2O3. The average Bonchev–Trinajstić information content (AvgIpc) is 3.36. The van der Waals surface area contributed by atoms with Crippen LogP contribution in [0.15, 0.2) is 0 Å². The van der Waals surface area contributed by atoms with Crippen LogP contribution < -0.4 is 5.32 Å². The summed E-state index contributed by atoms with van der Waals surface area (Å²) in [5.41, 5.74) is 0.0922. The van der Waals surface area contributed by atoms with Crippen molar-refractivity contribution in [2.45, 2.75) is 75.5 Å². The SMILES string of the molecule is O=C(CC1(N2CCOCC2)CCCC1)N[C@@H]1CCO[C@@H](C2CC2)C1. The van der Waals surface area contributed by atoms with Crippen LogP contribution in [0.1, 0.15) is 57.8 Å². The third-order valence-corrected chi connectivity index (χ3v) is 6.53. The summed E-state index contributed by atoms with van der Waals surface area (Å²) in [4.78, 5) is 15.3. The van der Waals surface area contributed by atoms with Crippen molar-refractivity contribution in [1.29, 1.82) is 0 Å². The zero-order chi connectivity index (χ0) is 16.4. The van der Waals surface area contributed by atoms with Gasteiger partial charge in [0.05, 0.1) is 19.3 Å². The van der Waals surface area contributed by atoms with Gasteiger partial charge in [0, 0.05) is 37.7 Å². The number of nitrogens with zero attached hydrogens (tertiary/aromatic N) is 1. The summed E-state index contributed by atoms with van der Waals surface area (Å²) in [7, 11) is 0. The maximum Gasteiger partial charge on any atom is 0.222 e. The predicted octanol–water partition coefficient (Wildman–Crippen LogP) is 2.10. The molecule has 0 aromatic heterocycles. The molecule has 24 heavy (non-hydrogen) atoms. The highest BCUT2D eigenvalue weighted by atomic mass is 16.5. The second-order valence-corrected chi connectivity index (χ2v) is 8.24. The lowest BCUT2D eigenvalue weighted by Crippen LogP contribution is -2.54. The molecule has 1 amide bonds. The van der Waals surface area contributed by atoms with Gasteiger partial charge in [-0.05, 0) is 44.4 Å². The van der Waals surface area contributed by atoms with Gasteiger partial charge in [-0.15, -0.1) is 0 Å². The van der Waals surface area contributed by atoms with Crippen molar-refractivity contribution < 1.29 is 14.3 Å². The monoisotopic (exact) mass is 336 g/mol. The standard InChI is InChI=1S/C19H32N2O3/c22-18(20-16-5-10-24-17(13-16)15-3-4-15)14-19(6-1-2-7-19)21-8-11-23-12-9-21/h15-17H,1-14H2,(H,20,22)/t16-,17-/m1/s1. The molecule has 4 aliphatic rings. The molecule has 0 aromatic carbocycles. The fourth-order valence-corrected chi connectivity index (χ4v) is 5.01. The molecule has 0 radical (unpaired) electrons. The number of rotatable bonds is 5. The first-order valence-corrected chi connectivity index (χ1v) is 9.99. The van der Waals surface area contributed by atoms with Crippen LogP contribution in [0.4, 0.5) is 0 Å². The Bertz CT molecular complexity index is 440. The number of nitrogens with one attached hydrogen (secondary N) is 1. The van der Waals surface area contributed by atoms with Gasteiger partial charge < -0.3 is 14.8 Å². The summed E-state index contributed by atoms with van der Waals surface area (Å²) < 4.78 is 11.4. The number of ether oxygens (including phenoxy) is 2. The van der Waals surface area contributed by atoms with E-state index in [0.717, 1.165) is 51.7 Å². The van der Waals surface area contributed by atoms with Crippen molar-refractivity contribution in [1.82, 2.24) is 10.2 Å². The highest BCUT2D eigenvalue weighted by molar-refractivity contribution is 5.77. The lowest BCUT2D eigenvalue weighted by molar-refractivity contribution is -0.127. The van der Waals surface area contributed by atoms with Crippen molar-refractivity contribution in [3.8, 4) is 0 Å². The summed E-state index contributed by atoms with van der Waals surface area (Å²) in [6, 6.07) is 0.319. The topological polar surface area (TPSA) is 50.8 Å². The number of carbonyl (C=O) groups excluding carboxylic acids is 1. The van der Waals surface area contributed by atoms with Gasteiger partial charge in [-0.25, -0.2) is 0 Å². The van der Waals surface area contributed by atoms with Crippen molar-refractivity contribution in [2.24, 2.45) is 5.92 Å². The number of amides is 1. The Morgan fingerprint density at radius 1 is 1.08 bits per heavy atom. The quantitative estimate of drug-likeness (QED) is 0.835. The second-order valence-electron chi connectivity index (χ2n) is 8.24. The van der Waals surface area contributed by atoms with Crippen molar-refractivity contribution >= 4 is 5.91 Å². The van der Waals surface area contributed by atoms with E-state index in [2.05, 4.69) is 10.2 Å². The van der Waals surface area contributed by atoms with Crippen LogP contribution in [-0.4, -0.2) is 61.4 Å². The molecule has 0 bridgehead atoms. The van der Waals surface area contributed by atoms with Gasteiger partial charge >= 0.3 is 0 Å². The Kier molecular flexibility index (Phi) is 5.11. The van der Waals surface area contributed by atoms with Gasteiger partial charge in [-0.2, -0.15) is 0 Å². The first kappa shape index (κ1) is 16.8. The number of hydrogen-bond donors (Lipinski definition) is 1. The Morgan fingerprint density at radius 2 is 1.83 bits per heavy atom. The predicted molar refractivity (Wildman–Crippen MR) is 91.8 cm³/mol. The molecule has 2 atom stereocenters. The van der Waals surface area contributed by atoms with Crippen LogP contribution in [0.5, 0.6) is 0 Å². The molecule has 5 heteroatoms. The molecule has 0 aromatic rings. The second kappa shape index (κ2) is 7.30. The summed E-state index contributed by atoms with van der Waals surface area (Å²) in [5.74, 6) is 1.02. The Hall–Kier alpha value is -0.650. The van der Waals surface area contributed by atoms with Gasteiger partial charge in [0.25, 0.3) is 0 Å². The molecule has 0 spiro atoms. The first-order chi connectivity index (χ1) is 11.8. The van der Waals surface area contributed by atoms with Gasteiger partial charge in [-0.3, -0.25) is 9.69 Å². The van der Waals surface area contributed by atoms with Gasteiger partial charge in [-0.1, -0.05) is 12.8 Å². The van der Waals surface area contributed by atoms with Crippen LogP contribution in [0.2, 0.25) is 0 Å². The molecule has 4 fully saturated rings. The van der Waals surface area contributed by atoms with E-state index in [1.807, 2.05) is 0 Å². The van der Waals surface area contributed by atoms with E-state index in [1.54, 1.807) is 0 Å². The van der Waals surface area contributed by atoms with Gasteiger partial charge in [0.2, 0.25) is 5.91 Å². The molecule has 1 N–H and O–H groups in total. The lowest BCUT2D eigenvalue weighted by Gasteiger charge is -2.43. The smallest absolute Gasteiger partial charge is 0.222 e. The molecule has 2 saturated heterocycles. The molecule has 2 aliphatic heterocycles. The molecule has 2 aliphatic carbocycles. The minimum Gasteiger partial charge on any atom is -0.379 e. The third kappa shape index (κ3) is 3.78. The van der Waals surface area contributed by atoms with E-state index >= 15 is 0 Å². The Morgan fingerprint density at radius 3 is 2.54 bits per heavy atom. The average molecular weight is 336 g/mol. The van der Waals surface area contributed by atoms with Gasteiger partial charge in [0.1, 0.15) is 0 Å². The third-order valence-electron chi connectivity index (χ3n) is 6.53. The zero-order valence-electron chi connectivity index (χ0n) is 14.8. The van der Waals surface area contributed by atoms with Crippen LogP contribution in [0.3, 0.4) is 0 Å². The zero-order valence-corrected chi connectivity index (χ0v) is 14.8. The maximum absolute atomic E-state index is 12.8. The van der Waals surface area contributed by atoms with E-state index in [0.29, 0.717) is 18.6 Å².